The van der Waals surface area contributed by atoms with Crippen LogP contribution in [0.25, 0.3) is 0 Å². The molecule has 4 nitrogen and oxygen atoms in total. The van der Waals surface area contributed by atoms with E-state index >= 15 is 0 Å². The van der Waals surface area contributed by atoms with Crippen molar-refractivity contribution in [1.29, 1.82) is 0 Å². The fraction of sp³-hybridized carbons (Fsp3) is 0.222. The first-order chi connectivity index (χ1) is 10.9. The van der Waals surface area contributed by atoms with Gasteiger partial charge in [0.1, 0.15) is 0 Å². The lowest BCUT2D eigenvalue weighted by Crippen LogP contribution is -2.21. The Morgan fingerprint density at radius 1 is 1.04 bits per heavy atom. The topological polar surface area (TPSA) is 55.4 Å². The number of aryl methyl sites for hydroxylation is 3. The number of carbonyl (C=O) groups excluding carboxylic acids is 2. The predicted molar refractivity (Wildman–Crippen MR) is 93.7 cm³/mol. The highest BCUT2D eigenvalue weighted by molar-refractivity contribution is 9.10. The molecule has 0 aromatic heterocycles. The molecule has 2 aromatic rings. The molecule has 23 heavy (non-hydrogen) atoms. The number of nitrogens with one attached hydrogen (secondary N) is 1. The van der Waals surface area contributed by atoms with Gasteiger partial charge in [0.05, 0.1) is 5.56 Å². The Labute approximate surface area is 144 Å². The third kappa shape index (κ3) is 4.66. The Morgan fingerprint density at radius 3 is 2.17 bits per heavy atom. The summed E-state index contributed by atoms with van der Waals surface area (Å²) in [6.45, 7) is 5.56. The average molecular weight is 376 g/mol. The van der Waals surface area contributed by atoms with Gasteiger partial charge in [0.15, 0.2) is 6.61 Å². The van der Waals surface area contributed by atoms with Gasteiger partial charge in [0.2, 0.25) is 0 Å². The SMILES string of the molecule is Cc1cc(C)c(NC(=O)COC(=O)c2ccc(Br)cc2)c(C)c1. The Balaban J connectivity index is 1.95. The van der Waals surface area contributed by atoms with E-state index < -0.39 is 5.97 Å². The fourth-order valence-electron chi connectivity index (χ4n) is 2.35. The summed E-state index contributed by atoms with van der Waals surface area (Å²) in [6, 6.07) is 10.8. The van der Waals surface area contributed by atoms with Crippen LogP contribution in [0.2, 0.25) is 0 Å². The molecule has 1 N–H and O–H groups in total. The highest BCUT2D eigenvalue weighted by atomic mass is 79.9. The zero-order chi connectivity index (χ0) is 17.0. The number of hydrogen-bond donors (Lipinski definition) is 1. The maximum atomic E-state index is 12.0. The molecule has 0 bridgehead atoms. The summed E-state index contributed by atoms with van der Waals surface area (Å²) in [7, 11) is 0. The number of ether oxygens (including phenoxy) is 1. The van der Waals surface area contributed by atoms with E-state index in [2.05, 4.69) is 21.2 Å². The van der Waals surface area contributed by atoms with E-state index in [-0.39, 0.29) is 12.5 Å². The van der Waals surface area contributed by atoms with E-state index in [1.807, 2.05) is 32.9 Å². The number of halogens is 1. The monoisotopic (exact) mass is 375 g/mol. The van der Waals surface area contributed by atoms with Gasteiger partial charge in [-0.1, -0.05) is 33.6 Å². The minimum atomic E-state index is -0.523. The molecule has 0 unspecified atom stereocenters. The zero-order valence-electron chi connectivity index (χ0n) is 13.3. The summed E-state index contributed by atoms with van der Waals surface area (Å²) < 4.78 is 5.91. The Morgan fingerprint density at radius 2 is 1.61 bits per heavy atom. The highest BCUT2D eigenvalue weighted by Gasteiger charge is 2.12. The van der Waals surface area contributed by atoms with Gasteiger partial charge in [-0.05, 0) is 56.2 Å². The second kappa shape index (κ2) is 7.42. The van der Waals surface area contributed by atoms with Gasteiger partial charge < -0.3 is 10.1 Å². The number of esters is 1. The van der Waals surface area contributed by atoms with Gasteiger partial charge in [0.25, 0.3) is 5.91 Å². The lowest BCUT2D eigenvalue weighted by Gasteiger charge is -2.13. The summed E-state index contributed by atoms with van der Waals surface area (Å²) in [5, 5.41) is 2.80. The molecule has 0 saturated heterocycles. The number of amides is 1. The molecular weight excluding hydrogens is 358 g/mol. The van der Waals surface area contributed by atoms with Crippen LogP contribution in [0.5, 0.6) is 0 Å². The van der Waals surface area contributed by atoms with E-state index in [0.29, 0.717) is 5.56 Å². The molecule has 0 fully saturated rings. The normalized spacial score (nSPS) is 10.3. The van der Waals surface area contributed by atoms with Crippen LogP contribution in [-0.4, -0.2) is 18.5 Å². The van der Waals surface area contributed by atoms with Gasteiger partial charge in [-0.25, -0.2) is 4.79 Å². The highest BCUT2D eigenvalue weighted by Crippen LogP contribution is 2.21. The summed E-state index contributed by atoms with van der Waals surface area (Å²) in [5.74, 6) is -0.879. The molecule has 0 aliphatic heterocycles. The molecule has 0 aliphatic rings. The van der Waals surface area contributed by atoms with E-state index in [4.69, 9.17) is 4.74 Å². The molecule has 0 saturated carbocycles. The number of rotatable bonds is 4. The van der Waals surface area contributed by atoms with Crippen LogP contribution in [0, 0.1) is 20.8 Å². The van der Waals surface area contributed by atoms with Crippen LogP contribution in [-0.2, 0) is 9.53 Å². The number of carbonyl (C=O) groups is 2. The molecule has 2 aromatic carbocycles. The van der Waals surface area contributed by atoms with Crippen LogP contribution in [0.15, 0.2) is 40.9 Å². The van der Waals surface area contributed by atoms with Crippen molar-refractivity contribution in [3.05, 3.63) is 63.1 Å². The molecule has 0 aliphatic carbocycles. The van der Waals surface area contributed by atoms with E-state index in [1.165, 1.54) is 0 Å². The number of benzene rings is 2. The van der Waals surface area contributed by atoms with Crippen molar-refractivity contribution < 1.29 is 14.3 Å². The minimum absolute atomic E-state index is 0.318. The lowest BCUT2D eigenvalue weighted by molar-refractivity contribution is -0.119. The largest absolute Gasteiger partial charge is 0.452 e. The van der Waals surface area contributed by atoms with Crippen LogP contribution >= 0.6 is 15.9 Å². The Kier molecular flexibility index (Phi) is 5.55. The first-order valence-corrected chi connectivity index (χ1v) is 7.96. The molecule has 0 radical (unpaired) electrons. The summed E-state index contributed by atoms with van der Waals surface area (Å²) in [5.41, 5.74) is 4.27. The van der Waals surface area contributed by atoms with Gasteiger partial charge >= 0.3 is 5.97 Å². The van der Waals surface area contributed by atoms with Crippen LogP contribution in [0.4, 0.5) is 5.69 Å². The van der Waals surface area contributed by atoms with Crippen LogP contribution < -0.4 is 5.32 Å². The zero-order valence-corrected chi connectivity index (χ0v) is 14.9. The molecule has 5 heteroatoms. The Bertz CT molecular complexity index is 715. The van der Waals surface area contributed by atoms with Crippen molar-refractivity contribution in [2.45, 2.75) is 20.8 Å². The quantitative estimate of drug-likeness (QED) is 0.815. The van der Waals surface area contributed by atoms with Crippen molar-refractivity contribution in [3.8, 4) is 0 Å². The van der Waals surface area contributed by atoms with Crippen molar-refractivity contribution in [3.63, 3.8) is 0 Å². The first-order valence-electron chi connectivity index (χ1n) is 7.17. The molecule has 0 heterocycles. The van der Waals surface area contributed by atoms with Crippen LogP contribution in [0.3, 0.4) is 0 Å². The maximum absolute atomic E-state index is 12.0. The van der Waals surface area contributed by atoms with E-state index in [0.717, 1.165) is 26.9 Å². The molecular formula is C18H18BrNO3. The predicted octanol–water partition coefficient (Wildman–Crippen LogP) is 4.17. The summed E-state index contributed by atoms with van der Waals surface area (Å²) >= 11 is 3.30. The molecule has 1 amide bonds. The van der Waals surface area contributed by atoms with Crippen LogP contribution in [0.1, 0.15) is 27.0 Å². The molecule has 120 valence electrons. The summed E-state index contributed by atoms with van der Waals surface area (Å²) in [6.07, 6.45) is 0. The molecule has 2 rings (SSSR count). The number of anilines is 1. The van der Waals surface area contributed by atoms with Crippen molar-refractivity contribution >= 4 is 33.5 Å². The third-order valence-corrected chi connectivity index (χ3v) is 3.88. The van der Waals surface area contributed by atoms with Gasteiger partial charge in [0, 0.05) is 10.2 Å². The Hall–Kier alpha value is -2.14. The van der Waals surface area contributed by atoms with Gasteiger partial charge in [-0.3, -0.25) is 4.79 Å². The third-order valence-electron chi connectivity index (χ3n) is 3.36. The first kappa shape index (κ1) is 17.2. The van der Waals surface area contributed by atoms with E-state index in [1.54, 1.807) is 24.3 Å². The fourth-order valence-corrected chi connectivity index (χ4v) is 2.62. The average Bonchev–Trinajstić information content (AvgIpc) is 2.49. The van der Waals surface area contributed by atoms with Crippen molar-refractivity contribution in [1.82, 2.24) is 0 Å². The van der Waals surface area contributed by atoms with Crippen molar-refractivity contribution in [2.75, 3.05) is 11.9 Å². The van der Waals surface area contributed by atoms with Gasteiger partial charge in [-0.2, -0.15) is 0 Å². The van der Waals surface area contributed by atoms with Crippen molar-refractivity contribution in [2.24, 2.45) is 0 Å². The standard InChI is InChI=1S/C18H18BrNO3/c1-11-8-12(2)17(13(3)9-11)20-16(21)10-23-18(22)14-4-6-15(19)7-5-14/h4-9H,10H2,1-3H3,(H,20,21). The minimum Gasteiger partial charge on any atom is -0.452 e. The van der Waals surface area contributed by atoms with E-state index in [9.17, 15) is 9.59 Å². The second-order valence-corrected chi connectivity index (χ2v) is 6.32. The number of hydrogen-bond acceptors (Lipinski definition) is 3. The summed E-state index contributed by atoms with van der Waals surface area (Å²) in [4.78, 5) is 23.9. The lowest BCUT2D eigenvalue weighted by atomic mass is 10.1. The molecule has 0 atom stereocenters. The molecule has 0 spiro atoms. The smallest absolute Gasteiger partial charge is 0.338 e. The second-order valence-electron chi connectivity index (χ2n) is 5.40. The maximum Gasteiger partial charge on any atom is 0.338 e. The van der Waals surface area contributed by atoms with Gasteiger partial charge in [-0.15, -0.1) is 0 Å².